The van der Waals surface area contributed by atoms with Gasteiger partial charge in [-0.05, 0) is 60.7 Å². The number of ether oxygens (including phenoxy) is 2. The van der Waals surface area contributed by atoms with Gasteiger partial charge < -0.3 is 14.8 Å². The molecule has 2 N–H and O–H groups in total. The van der Waals surface area contributed by atoms with Crippen LogP contribution in [0.2, 0.25) is 15.1 Å². The van der Waals surface area contributed by atoms with E-state index in [2.05, 4.69) is 10.0 Å². The first-order valence-electron chi connectivity index (χ1n) is 9.02. The zero-order valence-electron chi connectivity index (χ0n) is 16.6. The van der Waals surface area contributed by atoms with Gasteiger partial charge in [-0.1, -0.05) is 34.8 Å². The minimum Gasteiger partial charge on any atom is -0.495 e. The van der Waals surface area contributed by atoms with Gasteiger partial charge in [0.25, 0.3) is 15.9 Å². The third-order valence-corrected chi connectivity index (χ3v) is 6.35. The molecule has 0 radical (unpaired) electrons. The lowest BCUT2D eigenvalue weighted by Crippen LogP contribution is -2.20. The third-order valence-electron chi connectivity index (χ3n) is 4.11. The van der Waals surface area contributed by atoms with Gasteiger partial charge in [-0.3, -0.25) is 9.52 Å². The van der Waals surface area contributed by atoms with Crippen molar-refractivity contribution in [2.45, 2.75) is 4.90 Å². The molecule has 0 saturated carbocycles. The Morgan fingerprint density at radius 2 is 1.66 bits per heavy atom. The molecule has 3 rings (SSSR count). The Hall–Kier alpha value is -2.65. The van der Waals surface area contributed by atoms with Crippen molar-refractivity contribution in [1.29, 1.82) is 0 Å². The van der Waals surface area contributed by atoms with E-state index < -0.39 is 15.9 Å². The summed E-state index contributed by atoms with van der Waals surface area (Å²) in [7, 11) is -2.39. The lowest BCUT2D eigenvalue weighted by molar-refractivity contribution is -0.118. The van der Waals surface area contributed by atoms with Gasteiger partial charge in [-0.15, -0.1) is 0 Å². The quantitative estimate of drug-likeness (QED) is 0.415. The summed E-state index contributed by atoms with van der Waals surface area (Å²) in [5.41, 5.74) is 0.685. The summed E-state index contributed by atoms with van der Waals surface area (Å²) in [4.78, 5) is 12.1. The largest absolute Gasteiger partial charge is 0.495 e. The molecule has 0 aromatic heterocycles. The van der Waals surface area contributed by atoms with Crippen molar-refractivity contribution in [3.63, 3.8) is 0 Å². The summed E-state index contributed by atoms with van der Waals surface area (Å²) in [5, 5.41) is 3.62. The highest BCUT2D eigenvalue weighted by Gasteiger charge is 2.15. The molecular weight excluding hydrogens is 499 g/mol. The first kappa shape index (κ1) is 24.0. The van der Waals surface area contributed by atoms with Crippen LogP contribution in [0.15, 0.2) is 65.6 Å². The first-order chi connectivity index (χ1) is 15.2. The molecular formula is C21H17Cl3N2O5S. The summed E-state index contributed by atoms with van der Waals surface area (Å²) in [6, 6.07) is 14.8. The molecule has 3 aromatic rings. The molecule has 168 valence electrons. The van der Waals surface area contributed by atoms with Gasteiger partial charge in [0.1, 0.15) is 11.5 Å². The number of hydrogen-bond donors (Lipinski definition) is 2. The Bertz CT molecular complexity index is 1230. The zero-order valence-corrected chi connectivity index (χ0v) is 19.6. The van der Waals surface area contributed by atoms with Crippen LogP contribution >= 0.6 is 34.8 Å². The monoisotopic (exact) mass is 514 g/mol. The number of halogens is 3. The van der Waals surface area contributed by atoms with Crippen LogP contribution in [0.5, 0.6) is 11.5 Å². The molecule has 0 unspecified atom stereocenters. The highest BCUT2D eigenvalue weighted by atomic mass is 35.5. The van der Waals surface area contributed by atoms with Crippen molar-refractivity contribution in [2.24, 2.45) is 0 Å². The topological polar surface area (TPSA) is 93.7 Å². The summed E-state index contributed by atoms with van der Waals surface area (Å²) < 4.78 is 38.1. The summed E-state index contributed by atoms with van der Waals surface area (Å²) in [6.45, 7) is -0.298. The molecule has 0 aliphatic rings. The second kappa shape index (κ2) is 10.3. The maximum atomic E-state index is 12.6. The summed E-state index contributed by atoms with van der Waals surface area (Å²) in [6.07, 6.45) is 0. The number of sulfonamides is 1. The Kier molecular flexibility index (Phi) is 7.73. The van der Waals surface area contributed by atoms with Crippen molar-refractivity contribution in [3.8, 4) is 11.5 Å². The molecule has 0 spiro atoms. The molecule has 0 bridgehead atoms. The van der Waals surface area contributed by atoms with Crippen molar-refractivity contribution in [2.75, 3.05) is 23.8 Å². The Balaban J connectivity index is 1.60. The highest BCUT2D eigenvalue weighted by molar-refractivity contribution is 7.92. The van der Waals surface area contributed by atoms with Crippen molar-refractivity contribution in [1.82, 2.24) is 0 Å². The number of anilines is 2. The molecule has 0 heterocycles. The smallest absolute Gasteiger partial charge is 0.262 e. The van der Waals surface area contributed by atoms with E-state index in [1.54, 1.807) is 18.2 Å². The average molecular weight is 516 g/mol. The number of amides is 1. The standard InChI is InChI=1S/C21H17Cl3N2O5S/c1-30-20-9-3-14(11-18(20)24)26-32(28,29)16-6-4-15(5-7-16)31-12-21(27)25-19-8-2-13(22)10-17(19)23/h2-11,26H,12H2,1H3,(H,25,27). The number of carbonyl (C=O) groups excluding carboxylic acids is 1. The summed E-state index contributed by atoms with van der Waals surface area (Å²) >= 11 is 17.9. The highest BCUT2D eigenvalue weighted by Crippen LogP contribution is 2.29. The Morgan fingerprint density at radius 1 is 0.938 bits per heavy atom. The summed E-state index contributed by atoms with van der Waals surface area (Å²) in [5.74, 6) is 0.302. The zero-order chi connectivity index (χ0) is 23.3. The minimum atomic E-state index is -3.86. The van der Waals surface area contributed by atoms with E-state index in [4.69, 9.17) is 44.3 Å². The van der Waals surface area contributed by atoms with E-state index in [9.17, 15) is 13.2 Å². The van der Waals surface area contributed by atoms with E-state index in [0.29, 0.717) is 27.2 Å². The predicted molar refractivity (Wildman–Crippen MR) is 126 cm³/mol. The molecule has 1 amide bonds. The van der Waals surface area contributed by atoms with Crippen LogP contribution in [-0.4, -0.2) is 28.0 Å². The second-order valence-electron chi connectivity index (χ2n) is 6.39. The van der Waals surface area contributed by atoms with E-state index in [1.165, 1.54) is 49.6 Å². The fourth-order valence-electron chi connectivity index (χ4n) is 2.58. The number of methoxy groups -OCH3 is 1. The Morgan fingerprint density at radius 3 is 2.28 bits per heavy atom. The number of hydrogen-bond acceptors (Lipinski definition) is 5. The van der Waals surface area contributed by atoms with Gasteiger partial charge in [0.2, 0.25) is 0 Å². The van der Waals surface area contributed by atoms with Crippen LogP contribution < -0.4 is 19.5 Å². The van der Waals surface area contributed by atoms with Gasteiger partial charge in [-0.25, -0.2) is 8.42 Å². The van der Waals surface area contributed by atoms with Crippen LogP contribution in [0.4, 0.5) is 11.4 Å². The van der Waals surface area contributed by atoms with Crippen LogP contribution in [0.1, 0.15) is 0 Å². The molecule has 0 aliphatic heterocycles. The minimum absolute atomic E-state index is 0.00851. The molecule has 7 nitrogen and oxygen atoms in total. The average Bonchev–Trinajstić information content (AvgIpc) is 2.74. The number of benzene rings is 3. The molecule has 0 fully saturated rings. The second-order valence-corrected chi connectivity index (χ2v) is 9.32. The van der Waals surface area contributed by atoms with Crippen LogP contribution in [0, 0.1) is 0 Å². The van der Waals surface area contributed by atoms with Crippen molar-refractivity contribution < 1.29 is 22.7 Å². The van der Waals surface area contributed by atoms with E-state index >= 15 is 0 Å². The molecule has 3 aromatic carbocycles. The lowest BCUT2D eigenvalue weighted by Gasteiger charge is -2.11. The van der Waals surface area contributed by atoms with E-state index in [0.717, 1.165) is 0 Å². The van der Waals surface area contributed by atoms with Gasteiger partial charge in [0, 0.05) is 5.02 Å². The number of rotatable bonds is 8. The SMILES string of the molecule is COc1ccc(NS(=O)(=O)c2ccc(OCC(=O)Nc3ccc(Cl)cc3Cl)cc2)cc1Cl. The molecule has 0 aliphatic carbocycles. The van der Waals surface area contributed by atoms with Gasteiger partial charge in [0.05, 0.1) is 33.4 Å². The van der Waals surface area contributed by atoms with Gasteiger partial charge in [-0.2, -0.15) is 0 Å². The number of nitrogens with one attached hydrogen (secondary N) is 2. The Labute approximate surface area is 200 Å². The predicted octanol–water partition coefficient (Wildman–Crippen LogP) is 5.47. The van der Waals surface area contributed by atoms with Crippen LogP contribution in [-0.2, 0) is 14.8 Å². The fraction of sp³-hybridized carbons (Fsp3) is 0.0952. The normalized spacial score (nSPS) is 11.0. The maximum absolute atomic E-state index is 12.6. The third kappa shape index (κ3) is 6.20. The van der Waals surface area contributed by atoms with Crippen LogP contribution in [0.3, 0.4) is 0 Å². The van der Waals surface area contributed by atoms with Crippen molar-refractivity contribution in [3.05, 3.63) is 75.7 Å². The molecule has 0 saturated heterocycles. The van der Waals surface area contributed by atoms with Crippen molar-refractivity contribution >= 4 is 62.1 Å². The maximum Gasteiger partial charge on any atom is 0.262 e. The van der Waals surface area contributed by atoms with E-state index in [1.807, 2.05) is 0 Å². The molecule has 0 atom stereocenters. The van der Waals surface area contributed by atoms with Crippen LogP contribution in [0.25, 0.3) is 0 Å². The van der Waals surface area contributed by atoms with Gasteiger partial charge >= 0.3 is 0 Å². The first-order valence-corrected chi connectivity index (χ1v) is 11.6. The van der Waals surface area contributed by atoms with E-state index in [-0.39, 0.29) is 22.2 Å². The lowest BCUT2D eigenvalue weighted by atomic mass is 10.3. The van der Waals surface area contributed by atoms with Gasteiger partial charge in [0.15, 0.2) is 6.61 Å². The fourth-order valence-corrected chi connectivity index (χ4v) is 4.35. The number of carbonyl (C=O) groups is 1. The molecule has 32 heavy (non-hydrogen) atoms. The molecule has 11 heteroatoms.